The molecule has 2 N–H and O–H groups in total. The molecule has 0 bridgehead atoms. The maximum atomic E-state index is 14.8. The Labute approximate surface area is 198 Å². The molecule has 0 spiro atoms. The van der Waals surface area contributed by atoms with E-state index < -0.39 is 0 Å². The molecule has 1 saturated carbocycles. The van der Waals surface area contributed by atoms with E-state index in [1.807, 2.05) is 17.2 Å². The maximum absolute atomic E-state index is 14.8. The number of anilines is 3. The van der Waals surface area contributed by atoms with Crippen molar-refractivity contribution in [1.29, 1.82) is 0 Å². The third kappa shape index (κ3) is 4.09. The minimum atomic E-state index is -0.355. The van der Waals surface area contributed by atoms with Crippen molar-refractivity contribution in [3.8, 4) is 0 Å². The number of carbonyl (C=O) groups is 2. The second-order valence-corrected chi connectivity index (χ2v) is 9.73. The standard InChI is InChI=1S/C25H29FN6O2/c26-19-13-17(24(33)28-18-4-5-18)3-6-21(19)31-10-8-30(9-11-31)15-16-12-20-23(27-14-16)32-7-1-2-22(32)25(34)29-20/h3,6,12-14,18,22H,1-2,4-5,7-11,15H2,(H,28,33)(H,29,34). The topological polar surface area (TPSA) is 80.8 Å². The minimum absolute atomic E-state index is 0.0654. The lowest BCUT2D eigenvalue weighted by molar-refractivity contribution is -0.117. The summed E-state index contributed by atoms with van der Waals surface area (Å²) in [4.78, 5) is 35.7. The fourth-order valence-corrected chi connectivity index (χ4v) is 5.22. The molecule has 1 unspecified atom stereocenters. The van der Waals surface area contributed by atoms with Gasteiger partial charge in [-0.05, 0) is 55.5 Å². The van der Waals surface area contributed by atoms with Crippen LogP contribution in [0.1, 0.15) is 41.6 Å². The van der Waals surface area contributed by atoms with Gasteiger partial charge >= 0.3 is 0 Å². The number of halogens is 1. The van der Waals surface area contributed by atoms with Crippen LogP contribution >= 0.6 is 0 Å². The van der Waals surface area contributed by atoms with Crippen molar-refractivity contribution in [1.82, 2.24) is 15.2 Å². The molecule has 4 heterocycles. The molecule has 6 rings (SSSR count). The molecule has 3 fully saturated rings. The molecular weight excluding hydrogens is 435 g/mol. The fraction of sp³-hybridized carbons (Fsp3) is 0.480. The van der Waals surface area contributed by atoms with E-state index in [0.29, 0.717) is 24.3 Å². The van der Waals surface area contributed by atoms with Gasteiger partial charge in [0.25, 0.3) is 5.91 Å². The van der Waals surface area contributed by atoms with Crippen molar-refractivity contribution in [3.05, 3.63) is 47.4 Å². The molecule has 178 valence electrons. The third-order valence-corrected chi connectivity index (χ3v) is 7.25. The van der Waals surface area contributed by atoms with Crippen LogP contribution in [0.3, 0.4) is 0 Å². The lowest BCUT2D eigenvalue weighted by atomic mass is 10.1. The van der Waals surface area contributed by atoms with Crippen LogP contribution < -0.4 is 20.4 Å². The largest absolute Gasteiger partial charge is 0.367 e. The molecule has 1 atom stereocenters. The van der Waals surface area contributed by atoms with Crippen LogP contribution in [0.2, 0.25) is 0 Å². The summed E-state index contributed by atoms with van der Waals surface area (Å²) < 4.78 is 14.8. The molecule has 8 nitrogen and oxygen atoms in total. The lowest BCUT2D eigenvalue weighted by Crippen LogP contribution is -2.46. The normalized spacial score (nSPS) is 22.3. The molecule has 34 heavy (non-hydrogen) atoms. The van der Waals surface area contributed by atoms with Gasteiger partial charge in [0.1, 0.15) is 11.9 Å². The van der Waals surface area contributed by atoms with Gasteiger partial charge in [0.15, 0.2) is 5.82 Å². The summed E-state index contributed by atoms with van der Waals surface area (Å²) in [5.41, 5.74) is 2.77. The van der Waals surface area contributed by atoms with Crippen LogP contribution in [0.5, 0.6) is 0 Å². The molecule has 1 aliphatic carbocycles. The summed E-state index contributed by atoms with van der Waals surface area (Å²) in [6, 6.07) is 6.97. The van der Waals surface area contributed by atoms with Gasteiger partial charge in [0, 0.05) is 57.1 Å². The van der Waals surface area contributed by atoms with Gasteiger partial charge in [0.05, 0.1) is 11.4 Å². The zero-order valence-electron chi connectivity index (χ0n) is 19.1. The van der Waals surface area contributed by atoms with Crippen molar-refractivity contribution in [2.45, 2.75) is 44.3 Å². The molecule has 4 aliphatic rings. The lowest BCUT2D eigenvalue weighted by Gasteiger charge is -2.36. The zero-order chi connectivity index (χ0) is 23.2. The summed E-state index contributed by atoms with van der Waals surface area (Å²) in [7, 11) is 0. The van der Waals surface area contributed by atoms with E-state index in [-0.39, 0.29) is 29.7 Å². The van der Waals surface area contributed by atoms with E-state index in [9.17, 15) is 14.0 Å². The number of hydrogen-bond acceptors (Lipinski definition) is 6. The monoisotopic (exact) mass is 464 g/mol. The highest BCUT2D eigenvalue weighted by Crippen LogP contribution is 2.35. The number of piperazine rings is 1. The van der Waals surface area contributed by atoms with E-state index in [2.05, 4.69) is 25.4 Å². The molecule has 1 aromatic heterocycles. The number of rotatable bonds is 5. The average Bonchev–Trinajstić information content (AvgIpc) is 3.50. The van der Waals surface area contributed by atoms with Crippen molar-refractivity contribution >= 4 is 29.0 Å². The predicted molar refractivity (Wildman–Crippen MR) is 128 cm³/mol. The van der Waals surface area contributed by atoms with Crippen LogP contribution in [0, 0.1) is 5.82 Å². The summed E-state index contributed by atoms with van der Waals surface area (Å²) in [6.07, 6.45) is 5.82. The Balaban J connectivity index is 1.07. The molecule has 1 aromatic carbocycles. The van der Waals surface area contributed by atoms with Gasteiger partial charge < -0.3 is 20.4 Å². The van der Waals surface area contributed by atoms with Gasteiger partial charge in [-0.3, -0.25) is 14.5 Å². The number of hydrogen-bond donors (Lipinski definition) is 2. The number of benzene rings is 1. The van der Waals surface area contributed by atoms with E-state index in [4.69, 9.17) is 0 Å². The zero-order valence-corrected chi connectivity index (χ0v) is 19.1. The number of carbonyl (C=O) groups excluding carboxylic acids is 2. The summed E-state index contributed by atoms with van der Waals surface area (Å²) in [5, 5.41) is 5.93. The van der Waals surface area contributed by atoms with E-state index in [1.54, 1.807) is 12.1 Å². The second-order valence-electron chi connectivity index (χ2n) is 9.73. The summed E-state index contributed by atoms with van der Waals surface area (Å²) in [5.74, 6) is 0.385. The number of fused-ring (bicyclic) bond motifs is 3. The second kappa shape index (κ2) is 8.54. The molecule has 3 aliphatic heterocycles. The van der Waals surface area contributed by atoms with Crippen molar-refractivity contribution in [2.75, 3.05) is 47.8 Å². The molecular formula is C25H29FN6O2. The molecule has 2 aromatic rings. The van der Waals surface area contributed by atoms with Crippen LogP contribution in [-0.2, 0) is 11.3 Å². The number of amides is 2. The van der Waals surface area contributed by atoms with Gasteiger partial charge in [-0.2, -0.15) is 0 Å². The summed E-state index contributed by atoms with van der Waals surface area (Å²) >= 11 is 0. The average molecular weight is 465 g/mol. The fourth-order valence-electron chi connectivity index (χ4n) is 5.22. The molecule has 9 heteroatoms. The Morgan fingerprint density at radius 2 is 1.94 bits per heavy atom. The van der Waals surface area contributed by atoms with Crippen LogP contribution in [0.15, 0.2) is 30.5 Å². The van der Waals surface area contributed by atoms with E-state index in [0.717, 1.165) is 68.9 Å². The SMILES string of the molecule is O=C(NC1CC1)c1ccc(N2CCN(Cc3cnc4c(c3)NC(=O)C3CCCN43)CC2)c(F)c1. The Morgan fingerprint density at radius 1 is 1.12 bits per heavy atom. The quantitative estimate of drug-likeness (QED) is 0.707. The van der Waals surface area contributed by atoms with Gasteiger partial charge in [-0.25, -0.2) is 9.37 Å². The van der Waals surface area contributed by atoms with Crippen LogP contribution in [0.4, 0.5) is 21.6 Å². The maximum Gasteiger partial charge on any atom is 0.251 e. The first kappa shape index (κ1) is 21.3. The van der Waals surface area contributed by atoms with Crippen LogP contribution in [-0.4, -0.2) is 66.5 Å². The Bertz CT molecular complexity index is 1130. The van der Waals surface area contributed by atoms with E-state index >= 15 is 0 Å². The third-order valence-electron chi connectivity index (χ3n) is 7.25. The Morgan fingerprint density at radius 3 is 2.71 bits per heavy atom. The van der Waals surface area contributed by atoms with Gasteiger partial charge in [-0.15, -0.1) is 0 Å². The van der Waals surface area contributed by atoms with E-state index in [1.165, 1.54) is 6.07 Å². The number of aromatic nitrogens is 1. The molecule has 0 radical (unpaired) electrons. The molecule has 2 saturated heterocycles. The number of pyridine rings is 1. The van der Waals surface area contributed by atoms with Crippen molar-refractivity contribution < 1.29 is 14.0 Å². The van der Waals surface area contributed by atoms with Crippen LogP contribution in [0.25, 0.3) is 0 Å². The number of nitrogens with one attached hydrogen (secondary N) is 2. The Hall–Kier alpha value is -3.20. The first-order valence-corrected chi connectivity index (χ1v) is 12.2. The van der Waals surface area contributed by atoms with Crippen molar-refractivity contribution in [3.63, 3.8) is 0 Å². The smallest absolute Gasteiger partial charge is 0.251 e. The predicted octanol–water partition coefficient (Wildman–Crippen LogP) is 2.36. The Kier molecular flexibility index (Phi) is 5.36. The highest BCUT2D eigenvalue weighted by Gasteiger charge is 2.37. The highest BCUT2D eigenvalue weighted by atomic mass is 19.1. The summed E-state index contributed by atoms with van der Waals surface area (Å²) in [6.45, 7) is 4.60. The first-order chi connectivity index (χ1) is 16.5. The van der Waals surface area contributed by atoms with Gasteiger partial charge in [0.2, 0.25) is 5.91 Å². The van der Waals surface area contributed by atoms with Crippen molar-refractivity contribution in [2.24, 2.45) is 0 Å². The molecule has 2 amide bonds. The highest BCUT2D eigenvalue weighted by molar-refractivity contribution is 6.03. The number of nitrogens with zero attached hydrogens (tertiary/aromatic N) is 4. The first-order valence-electron chi connectivity index (χ1n) is 12.2. The minimum Gasteiger partial charge on any atom is -0.367 e. The van der Waals surface area contributed by atoms with Gasteiger partial charge in [-0.1, -0.05) is 0 Å².